The topological polar surface area (TPSA) is 94.5 Å². The van der Waals surface area contributed by atoms with Crippen LogP contribution in [0.2, 0.25) is 5.02 Å². The van der Waals surface area contributed by atoms with Gasteiger partial charge in [0, 0.05) is 18.8 Å². The van der Waals surface area contributed by atoms with Crippen LogP contribution in [0.1, 0.15) is 11.1 Å². The van der Waals surface area contributed by atoms with Crippen molar-refractivity contribution < 1.29 is 14.3 Å². The zero-order valence-electron chi connectivity index (χ0n) is 18.0. The predicted molar refractivity (Wildman–Crippen MR) is 128 cm³/mol. The van der Waals surface area contributed by atoms with Gasteiger partial charge in [-0.15, -0.1) is 0 Å². The fraction of sp³-hybridized carbons (Fsp3) is 0.160. The van der Waals surface area contributed by atoms with Gasteiger partial charge < -0.3 is 20.3 Å². The molecule has 0 unspecified atom stereocenters. The molecule has 33 heavy (non-hydrogen) atoms. The maximum atomic E-state index is 12.4. The first-order valence-electron chi connectivity index (χ1n) is 10.2. The molecule has 0 saturated carbocycles. The van der Waals surface area contributed by atoms with Crippen molar-refractivity contribution in [2.24, 2.45) is 0 Å². The van der Waals surface area contributed by atoms with Gasteiger partial charge in [0.1, 0.15) is 12.4 Å². The third kappa shape index (κ3) is 7.27. The van der Waals surface area contributed by atoms with Crippen LogP contribution in [0.4, 0.5) is 11.4 Å². The molecule has 2 amide bonds. The van der Waals surface area contributed by atoms with Crippen molar-refractivity contribution in [3.8, 4) is 11.8 Å². The van der Waals surface area contributed by atoms with Crippen LogP contribution < -0.4 is 15.4 Å². The minimum atomic E-state index is -0.338. The molecular formula is C25H23ClN4O3. The highest BCUT2D eigenvalue weighted by Crippen LogP contribution is 2.20. The molecule has 0 radical (unpaired) electrons. The summed E-state index contributed by atoms with van der Waals surface area (Å²) in [6, 6.07) is 23.5. The molecule has 0 atom stereocenters. The molecule has 0 fully saturated rings. The lowest BCUT2D eigenvalue weighted by Gasteiger charge is -2.18. The Kier molecular flexibility index (Phi) is 8.28. The highest BCUT2D eigenvalue weighted by Gasteiger charge is 2.14. The molecule has 0 aliphatic rings. The van der Waals surface area contributed by atoms with E-state index in [0.717, 1.165) is 5.56 Å². The molecule has 2 N–H and O–H groups in total. The first-order valence-corrected chi connectivity index (χ1v) is 10.6. The Morgan fingerprint density at radius 3 is 2.64 bits per heavy atom. The van der Waals surface area contributed by atoms with E-state index in [4.69, 9.17) is 21.6 Å². The van der Waals surface area contributed by atoms with Gasteiger partial charge in [-0.2, -0.15) is 5.26 Å². The van der Waals surface area contributed by atoms with Crippen LogP contribution >= 0.6 is 11.6 Å². The third-order valence-electron chi connectivity index (χ3n) is 4.69. The zero-order valence-corrected chi connectivity index (χ0v) is 18.8. The summed E-state index contributed by atoms with van der Waals surface area (Å²) in [5.41, 5.74) is 2.67. The summed E-state index contributed by atoms with van der Waals surface area (Å²) in [7, 11) is 1.56. The zero-order chi connectivity index (χ0) is 23.6. The van der Waals surface area contributed by atoms with Crippen LogP contribution in [0.5, 0.6) is 5.75 Å². The molecule has 0 heterocycles. The maximum absolute atomic E-state index is 12.4. The third-order valence-corrected chi connectivity index (χ3v) is 5.02. The summed E-state index contributed by atoms with van der Waals surface area (Å²) in [6.45, 7) is 0.237. The lowest BCUT2D eigenvalue weighted by atomic mass is 10.1. The van der Waals surface area contributed by atoms with Gasteiger partial charge in [-0.1, -0.05) is 41.9 Å². The number of hydrogen-bond donors (Lipinski definition) is 2. The van der Waals surface area contributed by atoms with E-state index < -0.39 is 0 Å². The first-order chi connectivity index (χ1) is 15.9. The van der Waals surface area contributed by atoms with Crippen molar-refractivity contribution in [1.82, 2.24) is 4.90 Å². The van der Waals surface area contributed by atoms with E-state index >= 15 is 0 Å². The average molecular weight is 463 g/mol. The van der Waals surface area contributed by atoms with E-state index in [2.05, 4.69) is 16.7 Å². The SMILES string of the molecule is CN(CC(=O)Nc1ccccc1Cl)C(=O)CNc1cccc(OCc2cccc(C#N)c2)c1. The molecule has 8 heteroatoms. The van der Waals surface area contributed by atoms with Crippen molar-refractivity contribution in [2.75, 3.05) is 30.8 Å². The van der Waals surface area contributed by atoms with Crippen molar-refractivity contribution in [1.29, 1.82) is 5.26 Å². The van der Waals surface area contributed by atoms with Crippen molar-refractivity contribution in [3.05, 3.63) is 88.9 Å². The summed E-state index contributed by atoms with van der Waals surface area (Å²) < 4.78 is 5.80. The molecule has 7 nitrogen and oxygen atoms in total. The van der Waals surface area contributed by atoms with Crippen LogP contribution in [0.25, 0.3) is 0 Å². The Balaban J connectivity index is 1.47. The van der Waals surface area contributed by atoms with E-state index in [-0.39, 0.29) is 24.9 Å². The number of amides is 2. The average Bonchev–Trinajstić information content (AvgIpc) is 2.83. The second-order valence-corrected chi connectivity index (χ2v) is 7.67. The number of carbonyl (C=O) groups excluding carboxylic acids is 2. The molecule has 0 bridgehead atoms. The number of carbonyl (C=O) groups is 2. The maximum Gasteiger partial charge on any atom is 0.244 e. The number of benzene rings is 3. The van der Waals surface area contributed by atoms with Gasteiger partial charge in [-0.25, -0.2) is 0 Å². The number of likely N-dealkylation sites (N-methyl/N-ethyl adjacent to an activating group) is 1. The summed E-state index contributed by atoms with van der Waals surface area (Å²) in [6.07, 6.45) is 0. The molecular weight excluding hydrogens is 440 g/mol. The molecule has 0 aliphatic heterocycles. The lowest BCUT2D eigenvalue weighted by Crippen LogP contribution is -2.38. The Morgan fingerprint density at radius 1 is 1.06 bits per heavy atom. The molecule has 3 rings (SSSR count). The molecule has 0 aromatic heterocycles. The second-order valence-electron chi connectivity index (χ2n) is 7.26. The molecule has 168 valence electrons. The molecule has 3 aromatic rings. The van der Waals surface area contributed by atoms with Gasteiger partial charge in [0.05, 0.1) is 35.4 Å². The summed E-state index contributed by atoms with van der Waals surface area (Å²) in [5, 5.41) is 15.2. The number of para-hydroxylation sites is 1. The summed E-state index contributed by atoms with van der Waals surface area (Å²) in [5.74, 6) is 0.0426. The van der Waals surface area contributed by atoms with Crippen molar-refractivity contribution >= 4 is 34.8 Å². The molecule has 0 aliphatic carbocycles. The first kappa shape index (κ1) is 23.6. The van der Waals surface area contributed by atoms with Crippen LogP contribution in [0.3, 0.4) is 0 Å². The second kappa shape index (κ2) is 11.6. The Labute approximate surface area is 197 Å². The van der Waals surface area contributed by atoms with Gasteiger partial charge in [0.2, 0.25) is 11.8 Å². The number of nitriles is 1. The van der Waals surface area contributed by atoms with E-state index in [1.165, 1.54) is 4.90 Å². The highest BCUT2D eigenvalue weighted by molar-refractivity contribution is 6.33. The van der Waals surface area contributed by atoms with Crippen LogP contribution in [0, 0.1) is 11.3 Å². The molecule has 3 aromatic carbocycles. The van der Waals surface area contributed by atoms with Crippen LogP contribution in [-0.4, -0.2) is 36.9 Å². The van der Waals surface area contributed by atoms with Gasteiger partial charge >= 0.3 is 0 Å². The van der Waals surface area contributed by atoms with Gasteiger partial charge in [-0.3, -0.25) is 9.59 Å². The smallest absolute Gasteiger partial charge is 0.244 e. The standard InChI is InChI=1S/C25H23ClN4O3/c1-30(16-24(31)29-23-11-3-2-10-22(23)26)25(32)15-28-20-8-5-9-21(13-20)33-17-19-7-4-6-18(12-19)14-27/h2-13,28H,15-17H2,1H3,(H,29,31). The van der Waals surface area contributed by atoms with Crippen LogP contribution in [0.15, 0.2) is 72.8 Å². The van der Waals surface area contributed by atoms with Gasteiger partial charge in [0.15, 0.2) is 0 Å². The number of nitrogens with zero attached hydrogens (tertiary/aromatic N) is 2. The molecule has 0 spiro atoms. The quantitative estimate of drug-likeness (QED) is 0.494. The highest BCUT2D eigenvalue weighted by atomic mass is 35.5. The number of anilines is 2. The number of rotatable bonds is 9. The van der Waals surface area contributed by atoms with E-state index in [0.29, 0.717) is 34.3 Å². The largest absolute Gasteiger partial charge is 0.489 e. The van der Waals surface area contributed by atoms with Crippen LogP contribution in [-0.2, 0) is 16.2 Å². The number of halogens is 1. The number of nitrogens with one attached hydrogen (secondary N) is 2. The Morgan fingerprint density at radius 2 is 1.85 bits per heavy atom. The lowest BCUT2D eigenvalue weighted by molar-refractivity contribution is -0.131. The van der Waals surface area contributed by atoms with Crippen molar-refractivity contribution in [3.63, 3.8) is 0 Å². The predicted octanol–water partition coefficient (Wildman–Crippen LogP) is 4.30. The van der Waals surface area contributed by atoms with E-state index in [9.17, 15) is 9.59 Å². The fourth-order valence-corrected chi connectivity index (χ4v) is 3.14. The normalized spacial score (nSPS) is 10.1. The summed E-state index contributed by atoms with van der Waals surface area (Å²) >= 11 is 6.04. The number of hydrogen-bond acceptors (Lipinski definition) is 5. The number of ether oxygens (including phenoxy) is 1. The minimum Gasteiger partial charge on any atom is -0.489 e. The Hall–Kier alpha value is -4.02. The fourth-order valence-electron chi connectivity index (χ4n) is 2.96. The minimum absolute atomic E-state index is 0.0174. The van der Waals surface area contributed by atoms with E-state index in [1.807, 2.05) is 30.3 Å². The van der Waals surface area contributed by atoms with Gasteiger partial charge in [0.25, 0.3) is 0 Å². The van der Waals surface area contributed by atoms with E-state index in [1.54, 1.807) is 49.5 Å². The van der Waals surface area contributed by atoms with Gasteiger partial charge in [-0.05, 0) is 42.0 Å². The monoisotopic (exact) mass is 462 g/mol. The summed E-state index contributed by atoms with van der Waals surface area (Å²) in [4.78, 5) is 26.0. The van der Waals surface area contributed by atoms with Crippen molar-refractivity contribution in [2.45, 2.75) is 6.61 Å². The molecule has 0 saturated heterocycles. The Bertz CT molecular complexity index is 1180.